The molecule has 0 aliphatic carbocycles. The maximum Gasteiger partial charge on any atom is 0.155 e. The lowest BCUT2D eigenvalue weighted by Crippen LogP contribution is -2.46. The van der Waals surface area contributed by atoms with Crippen LogP contribution >= 0.6 is 0 Å². The van der Waals surface area contributed by atoms with E-state index in [2.05, 4.69) is 33.8 Å². The number of rotatable bonds is 6. The van der Waals surface area contributed by atoms with Crippen LogP contribution in [0.2, 0.25) is 0 Å². The van der Waals surface area contributed by atoms with Crippen molar-refractivity contribution in [2.75, 3.05) is 44.2 Å². The van der Waals surface area contributed by atoms with Gasteiger partial charge in [0.15, 0.2) is 5.82 Å². The summed E-state index contributed by atoms with van der Waals surface area (Å²) in [5, 5.41) is 10.9. The van der Waals surface area contributed by atoms with Gasteiger partial charge in [-0.1, -0.05) is 13.0 Å². The fraction of sp³-hybridized carbons (Fsp3) is 0.417. The highest BCUT2D eigenvalue weighted by Gasteiger charge is 2.20. The lowest BCUT2D eigenvalue weighted by molar-refractivity contribution is 0.0285. The number of aliphatic hydroxyl groups is 1. The highest BCUT2D eigenvalue weighted by atomic mass is 16.5. The van der Waals surface area contributed by atoms with E-state index in [4.69, 9.17) is 9.72 Å². The Labute approximate surface area is 178 Å². The number of aromatic nitrogens is 2. The van der Waals surface area contributed by atoms with Crippen LogP contribution in [0, 0.1) is 0 Å². The van der Waals surface area contributed by atoms with Crippen molar-refractivity contribution in [1.82, 2.24) is 14.9 Å². The van der Waals surface area contributed by atoms with Gasteiger partial charge in [0.2, 0.25) is 0 Å². The molecule has 1 N–H and O–H groups in total. The van der Waals surface area contributed by atoms with Gasteiger partial charge >= 0.3 is 0 Å². The molecule has 1 fully saturated rings. The van der Waals surface area contributed by atoms with E-state index in [0.717, 1.165) is 66.5 Å². The van der Waals surface area contributed by atoms with Crippen molar-refractivity contribution in [1.29, 1.82) is 0 Å². The fourth-order valence-electron chi connectivity index (χ4n) is 3.69. The second kappa shape index (κ2) is 8.58. The Morgan fingerprint density at radius 2 is 1.80 bits per heavy atom. The molecule has 1 saturated heterocycles. The molecule has 1 aliphatic heterocycles. The summed E-state index contributed by atoms with van der Waals surface area (Å²) >= 11 is 0. The zero-order valence-electron chi connectivity index (χ0n) is 18.0. The summed E-state index contributed by atoms with van der Waals surface area (Å²) < 4.78 is 5.68. The molecule has 0 atom stereocenters. The number of likely N-dealkylation sites (N-methyl/N-ethyl adjacent to an activating group) is 1. The first-order valence-electron chi connectivity index (χ1n) is 10.6. The average Bonchev–Trinajstić information content (AvgIpc) is 2.77. The Morgan fingerprint density at radius 1 is 1.07 bits per heavy atom. The number of fused-ring (bicyclic) bond motifs is 1. The smallest absolute Gasteiger partial charge is 0.155 e. The van der Waals surface area contributed by atoms with Crippen LogP contribution < -0.4 is 9.64 Å². The van der Waals surface area contributed by atoms with E-state index in [1.54, 1.807) is 13.8 Å². The molecule has 1 aromatic carbocycles. The lowest BCUT2D eigenvalue weighted by Gasteiger charge is -2.35. The molecule has 3 aromatic rings. The Kier molecular flexibility index (Phi) is 5.88. The first kappa shape index (κ1) is 20.6. The third kappa shape index (κ3) is 4.71. The summed E-state index contributed by atoms with van der Waals surface area (Å²) in [6.07, 6.45) is 1.84. The quantitative estimate of drug-likeness (QED) is 0.675. The van der Waals surface area contributed by atoms with E-state index in [1.165, 1.54) is 0 Å². The summed E-state index contributed by atoms with van der Waals surface area (Å²) in [6.45, 7) is 11.0. The van der Waals surface area contributed by atoms with Crippen LogP contribution in [0.1, 0.15) is 20.8 Å². The number of hydrogen-bond donors (Lipinski definition) is 1. The third-order valence-electron chi connectivity index (χ3n) is 5.43. The molecule has 158 valence electrons. The minimum Gasteiger partial charge on any atom is -0.491 e. The molecular formula is C24H30N4O2. The predicted octanol–water partition coefficient (Wildman–Crippen LogP) is 3.59. The molecule has 2 aromatic heterocycles. The molecule has 4 rings (SSSR count). The molecule has 0 unspecified atom stereocenters. The monoisotopic (exact) mass is 406 g/mol. The highest BCUT2D eigenvalue weighted by Crippen LogP contribution is 2.30. The zero-order valence-corrected chi connectivity index (χ0v) is 18.0. The SMILES string of the molecule is CCN1CCN(c2nc(-c3ccc(OCC(C)(C)O)cc3)cc3cccnc23)CC1. The van der Waals surface area contributed by atoms with Gasteiger partial charge < -0.3 is 19.6 Å². The third-order valence-corrected chi connectivity index (χ3v) is 5.43. The van der Waals surface area contributed by atoms with E-state index in [-0.39, 0.29) is 6.61 Å². The van der Waals surface area contributed by atoms with Crippen LogP contribution in [-0.4, -0.2) is 64.9 Å². The molecule has 6 nitrogen and oxygen atoms in total. The van der Waals surface area contributed by atoms with Crippen molar-refractivity contribution < 1.29 is 9.84 Å². The average molecular weight is 407 g/mol. The van der Waals surface area contributed by atoms with E-state index in [1.807, 2.05) is 36.5 Å². The van der Waals surface area contributed by atoms with Gasteiger partial charge in [-0.2, -0.15) is 0 Å². The van der Waals surface area contributed by atoms with Crippen LogP contribution in [-0.2, 0) is 0 Å². The summed E-state index contributed by atoms with van der Waals surface area (Å²) in [6, 6.07) is 14.1. The Balaban J connectivity index is 1.63. The van der Waals surface area contributed by atoms with Crippen molar-refractivity contribution in [3.8, 4) is 17.0 Å². The number of piperazine rings is 1. The molecule has 3 heterocycles. The van der Waals surface area contributed by atoms with E-state index in [9.17, 15) is 5.11 Å². The Bertz CT molecular complexity index is 990. The molecule has 0 bridgehead atoms. The van der Waals surface area contributed by atoms with E-state index in [0.29, 0.717) is 0 Å². The molecule has 0 saturated carbocycles. The van der Waals surface area contributed by atoms with Crippen LogP contribution in [0.25, 0.3) is 22.2 Å². The minimum atomic E-state index is -0.859. The molecular weight excluding hydrogens is 376 g/mol. The van der Waals surface area contributed by atoms with Gasteiger partial charge in [0.25, 0.3) is 0 Å². The normalized spacial score (nSPS) is 15.5. The van der Waals surface area contributed by atoms with Crippen LogP contribution in [0.5, 0.6) is 5.75 Å². The van der Waals surface area contributed by atoms with Crippen LogP contribution in [0.3, 0.4) is 0 Å². The number of benzene rings is 1. The number of ether oxygens (including phenoxy) is 1. The predicted molar refractivity (Wildman–Crippen MR) is 121 cm³/mol. The second-order valence-electron chi connectivity index (χ2n) is 8.45. The highest BCUT2D eigenvalue weighted by molar-refractivity contribution is 5.91. The van der Waals surface area contributed by atoms with Gasteiger partial charge in [0.05, 0.1) is 11.3 Å². The van der Waals surface area contributed by atoms with E-state index < -0.39 is 5.60 Å². The molecule has 0 amide bonds. The standard InChI is InChI=1S/C24H30N4O2/c1-4-27-12-14-28(15-13-27)23-22-19(6-5-11-25-22)16-21(26-23)18-7-9-20(10-8-18)30-17-24(2,3)29/h5-11,16,29H,4,12-15,17H2,1-3H3. The molecule has 1 aliphatic rings. The molecule has 0 radical (unpaired) electrons. The van der Waals surface area contributed by atoms with E-state index >= 15 is 0 Å². The number of hydrogen-bond acceptors (Lipinski definition) is 6. The minimum absolute atomic E-state index is 0.250. The van der Waals surface area contributed by atoms with Gasteiger partial charge in [-0.15, -0.1) is 0 Å². The van der Waals surface area contributed by atoms with Gasteiger partial charge in [0, 0.05) is 43.3 Å². The lowest BCUT2D eigenvalue weighted by atomic mass is 10.1. The van der Waals surface area contributed by atoms with Gasteiger partial charge in [-0.3, -0.25) is 4.98 Å². The molecule has 0 spiro atoms. The number of pyridine rings is 2. The maximum absolute atomic E-state index is 9.85. The summed E-state index contributed by atoms with van der Waals surface area (Å²) in [5.41, 5.74) is 2.06. The topological polar surface area (TPSA) is 61.7 Å². The largest absolute Gasteiger partial charge is 0.491 e. The van der Waals surface area contributed by atoms with Crippen LogP contribution in [0.4, 0.5) is 5.82 Å². The van der Waals surface area contributed by atoms with Gasteiger partial charge in [0.1, 0.15) is 17.9 Å². The van der Waals surface area contributed by atoms with Crippen molar-refractivity contribution in [2.24, 2.45) is 0 Å². The first-order valence-corrected chi connectivity index (χ1v) is 10.6. The first-order chi connectivity index (χ1) is 14.4. The van der Waals surface area contributed by atoms with Crippen molar-refractivity contribution in [2.45, 2.75) is 26.4 Å². The summed E-state index contributed by atoms with van der Waals surface area (Å²) in [4.78, 5) is 14.5. The Morgan fingerprint density at radius 3 is 2.47 bits per heavy atom. The van der Waals surface area contributed by atoms with Crippen molar-refractivity contribution in [3.63, 3.8) is 0 Å². The Hall–Kier alpha value is -2.70. The van der Waals surface area contributed by atoms with Gasteiger partial charge in [-0.05, 0) is 56.8 Å². The number of nitrogens with zero attached hydrogens (tertiary/aromatic N) is 4. The van der Waals surface area contributed by atoms with Crippen molar-refractivity contribution >= 4 is 16.7 Å². The summed E-state index contributed by atoms with van der Waals surface area (Å²) in [5.74, 6) is 1.69. The second-order valence-corrected chi connectivity index (χ2v) is 8.45. The summed E-state index contributed by atoms with van der Waals surface area (Å²) in [7, 11) is 0. The zero-order chi connectivity index (χ0) is 21.1. The number of anilines is 1. The maximum atomic E-state index is 9.85. The van der Waals surface area contributed by atoms with Gasteiger partial charge in [-0.25, -0.2) is 4.98 Å². The van der Waals surface area contributed by atoms with Crippen LogP contribution in [0.15, 0.2) is 48.7 Å². The van der Waals surface area contributed by atoms with Crippen molar-refractivity contribution in [3.05, 3.63) is 48.7 Å². The fourth-order valence-corrected chi connectivity index (χ4v) is 3.69. The molecule has 30 heavy (non-hydrogen) atoms. The molecule has 6 heteroatoms.